The van der Waals surface area contributed by atoms with Crippen molar-refractivity contribution in [1.29, 1.82) is 0 Å². The van der Waals surface area contributed by atoms with Gasteiger partial charge in [-0.1, -0.05) is 11.2 Å². The molecule has 2 aliphatic rings. The van der Waals surface area contributed by atoms with E-state index < -0.39 is 0 Å². The van der Waals surface area contributed by atoms with Gasteiger partial charge in [0.25, 0.3) is 0 Å². The molecular formula is C16H21N5O2S. The van der Waals surface area contributed by atoms with Crippen LogP contribution in [0.3, 0.4) is 0 Å². The maximum Gasteiger partial charge on any atom is 0.241 e. The lowest BCUT2D eigenvalue weighted by Crippen LogP contribution is -2.49. The molecule has 0 atom stereocenters. The van der Waals surface area contributed by atoms with Crippen LogP contribution in [-0.2, 0) is 11.3 Å². The Labute approximate surface area is 144 Å². The van der Waals surface area contributed by atoms with Crippen molar-refractivity contribution in [3.05, 3.63) is 23.4 Å². The summed E-state index contributed by atoms with van der Waals surface area (Å²) in [6.07, 6.45) is 2.27. The van der Waals surface area contributed by atoms with Crippen molar-refractivity contribution in [2.24, 2.45) is 0 Å². The molecule has 128 valence electrons. The van der Waals surface area contributed by atoms with Crippen LogP contribution >= 0.6 is 11.3 Å². The number of hydrogen-bond acceptors (Lipinski definition) is 7. The minimum absolute atomic E-state index is 0.156. The van der Waals surface area contributed by atoms with Crippen LogP contribution < -0.4 is 5.32 Å². The first kappa shape index (κ1) is 15.7. The fourth-order valence-electron chi connectivity index (χ4n) is 2.83. The summed E-state index contributed by atoms with van der Waals surface area (Å²) < 4.78 is 5.36. The lowest BCUT2D eigenvalue weighted by molar-refractivity contribution is -0.122. The van der Waals surface area contributed by atoms with Crippen molar-refractivity contribution in [3.8, 4) is 10.7 Å². The molecule has 24 heavy (non-hydrogen) atoms. The van der Waals surface area contributed by atoms with Gasteiger partial charge in [0.2, 0.25) is 17.6 Å². The molecule has 1 aliphatic heterocycles. The first-order valence-electron chi connectivity index (χ1n) is 8.37. The van der Waals surface area contributed by atoms with Gasteiger partial charge in [0, 0.05) is 32.2 Å². The smallest absolute Gasteiger partial charge is 0.241 e. The monoisotopic (exact) mass is 347 g/mol. The fraction of sp³-hybridized carbons (Fsp3) is 0.562. The van der Waals surface area contributed by atoms with Crippen LogP contribution in [0.1, 0.15) is 18.7 Å². The average molecular weight is 347 g/mol. The van der Waals surface area contributed by atoms with Crippen LogP contribution in [0.5, 0.6) is 0 Å². The Morgan fingerprint density at radius 3 is 2.79 bits per heavy atom. The van der Waals surface area contributed by atoms with Crippen LogP contribution in [0.15, 0.2) is 22.0 Å². The summed E-state index contributed by atoms with van der Waals surface area (Å²) in [6, 6.07) is 4.41. The largest absolute Gasteiger partial charge is 0.352 e. The molecule has 7 nitrogen and oxygen atoms in total. The van der Waals surface area contributed by atoms with Gasteiger partial charge in [-0.15, -0.1) is 11.3 Å². The van der Waals surface area contributed by atoms with Gasteiger partial charge in [-0.25, -0.2) is 0 Å². The highest BCUT2D eigenvalue weighted by Gasteiger charge is 2.25. The van der Waals surface area contributed by atoms with E-state index in [1.54, 1.807) is 11.3 Å². The summed E-state index contributed by atoms with van der Waals surface area (Å²) >= 11 is 1.61. The number of carbonyl (C=O) groups is 1. The summed E-state index contributed by atoms with van der Waals surface area (Å²) in [4.78, 5) is 21.8. The van der Waals surface area contributed by atoms with Crippen molar-refractivity contribution in [1.82, 2.24) is 25.3 Å². The van der Waals surface area contributed by atoms with Crippen molar-refractivity contribution < 1.29 is 9.32 Å². The molecule has 1 amide bonds. The second kappa shape index (κ2) is 7.00. The Hall–Kier alpha value is -1.77. The molecule has 0 spiro atoms. The maximum absolute atomic E-state index is 11.9. The van der Waals surface area contributed by atoms with Crippen molar-refractivity contribution >= 4 is 17.2 Å². The van der Waals surface area contributed by atoms with Crippen molar-refractivity contribution in [2.75, 3.05) is 32.7 Å². The first-order valence-corrected chi connectivity index (χ1v) is 9.25. The highest BCUT2D eigenvalue weighted by Crippen LogP contribution is 2.22. The van der Waals surface area contributed by atoms with Gasteiger partial charge in [0.1, 0.15) is 0 Å². The van der Waals surface area contributed by atoms with E-state index >= 15 is 0 Å². The van der Waals surface area contributed by atoms with E-state index in [9.17, 15) is 4.79 Å². The fourth-order valence-corrected chi connectivity index (χ4v) is 3.48. The van der Waals surface area contributed by atoms with E-state index in [1.807, 2.05) is 17.5 Å². The standard InChI is InChI=1S/C16H21N5O2S/c22-14(17-12-3-4-12)10-20-5-7-21(8-6-20)11-15-18-16(19-23-15)13-2-1-9-24-13/h1-2,9,12H,3-8,10-11H2,(H,17,22). The normalized spacial score (nSPS) is 19.5. The second-order valence-corrected chi connectivity index (χ2v) is 7.33. The first-order chi connectivity index (χ1) is 11.8. The van der Waals surface area contributed by atoms with Gasteiger partial charge >= 0.3 is 0 Å². The topological polar surface area (TPSA) is 74.5 Å². The molecular weight excluding hydrogens is 326 g/mol. The van der Waals surface area contributed by atoms with Gasteiger partial charge in [0.15, 0.2) is 0 Å². The molecule has 0 unspecified atom stereocenters. The Kier molecular flexibility index (Phi) is 4.59. The number of amides is 1. The molecule has 0 radical (unpaired) electrons. The minimum Gasteiger partial charge on any atom is -0.352 e. The van der Waals surface area contributed by atoms with E-state index in [4.69, 9.17) is 4.52 Å². The molecule has 1 aliphatic carbocycles. The zero-order chi connectivity index (χ0) is 16.4. The van der Waals surface area contributed by atoms with Crippen LogP contribution in [-0.4, -0.2) is 64.6 Å². The third kappa shape index (κ3) is 4.00. The minimum atomic E-state index is 0.156. The van der Waals surface area contributed by atoms with Crippen LogP contribution in [0, 0.1) is 0 Å². The van der Waals surface area contributed by atoms with Gasteiger partial charge in [-0.05, 0) is 24.3 Å². The number of rotatable bonds is 6. The molecule has 1 N–H and O–H groups in total. The van der Waals surface area contributed by atoms with Gasteiger partial charge in [-0.3, -0.25) is 14.6 Å². The summed E-state index contributed by atoms with van der Waals surface area (Å²) in [5.41, 5.74) is 0. The maximum atomic E-state index is 11.9. The van der Waals surface area contributed by atoms with E-state index in [2.05, 4.69) is 25.3 Å². The SMILES string of the molecule is O=C(CN1CCN(Cc2nc(-c3cccs3)no2)CC1)NC1CC1. The van der Waals surface area contributed by atoms with Crippen molar-refractivity contribution in [2.45, 2.75) is 25.4 Å². The third-order valence-corrected chi connectivity index (χ3v) is 5.21. The Balaban J connectivity index is 1.23. The highest BCUT2D eigenvalue weighted by atomic mass is 32.1. The zero-order valence-electron chi connectivity index (χ0n) is 13.5. The van der Waals surface area contributed by atoms with E-state index in [-0.39, 0.29) is 5.91 Å². The Morgan fingerprint density at radius 2 is 2.08 bits per heavy atom. The molecule has 4 rings (SSSR count). The lowest BCUT2D eigenvalue weighted by Gasteiger charge is -2.33. The van der Waals surface area contributed by atoms with Gasteiger partial charge in [-0.2, -0.15) is 4.98 Å². The van der Waals surface area contributed by atoms with Gasteiger partial charge in [0.05, 0.1) is 18.0 Å². The van der Waals surface area contributed by atoms with Crippen LogP contribution in [0.4, 0.5) is 0 Å². The number of piperazine rings is 1. The summed E-state index contributed by atoms with van der Waals surface area (Å²) in [5.74, 6) is 1.47. The molecule has 2 aromatic heterocycles. The molecule has 0 aromatic carbocycles. The number of aromatic nitrogens is 2. The predicted octanol–water partition coefficient (Wildman–Crippen LogP) is 1.19. The Bertz CT molecular complexity index is 674. The van der Waals surface area contributed by atoms with Gasteiger partial charge < -0.3 is 9.84 Å². The number of thiophene rings is 1. The molecule has 2 aromatic rings. The number of hydrogen-bond donors (Lipinski definition) is 1. The quantitative estimate of drug-likeness (QED) is 0.846. The molecule has 8 heteroatoms. The van der Waals surface area contributed by atoms with Crippen molar-refractivity contribution in [3.63, 3.8) is 0 Å². The molecule has 3 heterocycles. The number of carbonyl (C=O) groups excluding carboxylic acids is 1. The predicted molar refractivity (Wildman–Crippen MR) is 90.5 cm³/mol. The third-order valence-electron chi connectivity index (χ3n) is 4.34. The number of nitrogens with zero attached hydrogens (tertiary/aromatic N) is 4. The summed E-state index contributed by atoms with van der Waals surface area (Å²) in [5, 5.41) is 9.09. The average Bonchev–Trinajstić information content (AvgIpc) is 3.04. The molecule has 1 saturated carbocycles. The van der Waals surface area contributed by atoms with Crippen LogP contribution in [0.2, 0.25) is 0 Å². The van der Waals surface area contributed by atoms with Crippen LogP contribution in [0.25, 0.3) is 10.7 Å². The van der Waals surface area contributed by atoms with E-state index in [0.29, 0.717) is 30.8 Å². The molecule has 1 saturated heterocycles. The van der Waals surface area contributed by atoms with E-state index in [0.717, 1.165) is 43.9 Å². The second-order valence-electron chi connectivity index (χ2n) is 6.38. The summed E-state index contributed by atoms with van der Waals surface area (Å²) in [7, 11) is 0. The lowest BCUT2D eigenvalue weighted by atomic mass is 10.3. The number of nitrogens with one attached hydrogen (secondary N) is 1. The molecule has 2 fully saturated rings. The molecule has 0 bridgehead atoms. The summed E-state index contributed by atoms with van der Waals surface area (Å²) in [6.45, 7) is 4.78. The van der Waals surface area contributed by atoms with E-state index in [1.165, 1.54) is 0 Å². The Morgan fingerprint density at radius 1 is 1.29 bits per heavy atom. The zero-order valence-corrected chi connectivity index (χ0v) is 14.3. The highest BCUT2D eigenvalue weighted by molar-refractivity contribution is 7.13.